The number of benzene rings is 1. The summed E-state index contributed by atoms with van der Waals surface area (Å²) in [6.07, 6.45) is 0.819. The number of halogens is 1. The Hall–Kier alpha value is -1.29. The first-order valence-electron chi connectivity index (χ1n) is 3.95. The van der Waals surface area contributed by atoms with Crippen LogP contribution in [0.3, 0.4) is 0 Å². The van der Waals surface area contributed by atoms with Gasteiger partial charge in [-0.25, -0.2) is 0 Å². The third-order valence-electron chi connectivity index (χ3n) is 1.98. The van der Waals surface area contributed by atoms with Gasteiger partial charge in [-0.1, -0.05) is 23.4 Å². The second-order valence-electron chi connectivity index (χ2n) is 2.76. The standard InChI is InChI=1S/C8H8ClN3O/c1-2-5-3-8-7(4-6(5)9)10-11-12(8)13/h3-4,13H,2H2,1H3. The van der Waals surface area contributed by atoms with Crippen LogP contribution in [-0.2, 0) is 6.42 Å². The molecule has 1 aromatic heterocycles. The van der Waals surface area contributed by atoms with Gasteiger partial charge in [0.2, 0.25) is 0 Å². The van der Waals surface area contributed by atoms with Crippen LogP contribution in [0.2, 0.25) is 5.02 Å². The van der Waals surface area contributed by atoms with Gasteiger partial charge >= 0.3 is 0 Å². The maximum absolute atomic E-state index is 9.22. The van der Waals surface area contributed by atoms with Crippen molar-refractivity contribution in [1.29, 1.82) is 0 Å². The van der Waals surface area contributed by atoms with E-state index in [9.17, 15) is 5.21 Å². The van der Waals surface area contributed by atoms with Gasteiger partial charge < -0.3 is 5.21 Å². The van der Waals surface area contributed by atoms with Crippen molar-refractivity contribution in [2.24, 2.45) is 0 Å². The molecule has 0 spiro atoms. The van der Waals surface area contributed by atoms with E-state index in [1.807, 2.05) is 6.92 Å². The predicted molar refractivity (Wildman–Crippen MR) is 49.1 cm³/mol. The Morgan fingerprint density at radius 2 is 2.31 bits per heavy atom. The lowest BCUT2D eigenvalue weighted by molar-refractivity contribution is 0.154. The third kappa shape index (κ3) is 1.23. The molecule has 4 nitrogen and oxygen atoms in total. The summed E-state index contributed by atoms with van der Waals surface area (Å²) in [4.78, 5) is 0.755. The molecular weight excluding hydrogens is 190 g/mol. The van der Waals surface area contributed by atoms with Crippen LogP contribution in [0.5, 0.6) is 0 Å². The summed E-state index contributed by atoms with van der Waals surface area (Å²) < 4.78 is 0. The summed E-state index contributed by atoms with van der Waals surface area (Å²) in [5, 5.41) is 17.1. The molecule has 13 heavy (non-hydrogen) atoms. The molecule has 1 aromatic carbocycles. The van der Waals surface area contributed by atoms with Crippen LogP contribution in [0.1, 0.15) is 12.5 Å². The van der Waals surface area contributed by atoms with E-state index in [0.717, 1.165) is 16.8 Å². The number of aromatic nitrogens is 3. The van der Waals surface area contributed by atoms with Crippen molar-refractivity contribution in [3.63, 3.8) is 0 Å². The fourth-order valence-electron chi connectivity index (χ4n) is 1.24. The highest BCUT2D eigenvalue weighted by Crippen LogP contribution is 2.22. The van der Waals surface area contributed by atoms with E-state index in [1.54, 1.807) is 12.1 Å². The van der Waals surface area contributed by atoms with Gasteiger partial charge in [-0.2, -0.15) is 0 Å². The number of nitrogens with zero attached hydrogens (tertiary/aromatic N) is 3. The van der Waals surface area contributed by atoms with Crippen LogP contribution >= 0.6 is 11.6 Å². The molecule has 0 radical (unpaired) electrons. The highest BCUT2D eigenvalue weighted by Gasteiger charge is 2.07. The molecule has 0 atom stereocenters. The summed E-state index contributed by atoms with van der Waals surface area (Å²) in [5.41, 5.74) is 2.16. The van der Waals surface area contributed by atoms with Gasteiger partial charge in [0, 0.05) is 5.02 Å². The Labute approximate surface area is 79.7 Å². The normalized spacial score (nSPS) is 10.9. The average Bonchev–Trinajstić information content (AvgIpc) is 2.46. The van der Waals surface area contributed by atoms with Gasteiger partial charge in [-0.15, -0.1) is 5.10 Å². The van der Waals surface area contributed by atoms with Crippen molar-refractivity contribution in [2.75, 3.05) is 0 Å². The van der Waals surface area contributed by atoms with Crippen LogP contribution in [0.25, 0.3) is 11.0 Å². The highest BCUT2D eigenvalue weighted by atomic mass is 35.5. The van der Waals surface area contributed by atoms with E-state index in [0.29, 0.717) is 16.1 Å². The van der Waals surface area contributed by atoms with Crippen molar-refractivity contribution in [2.45, 2.75) is 13.3 Å². The summed E-state index contributed by atoms with van der Waals surface area (Å²) in [6.45, 7) is 2.00. The van der Waals surface area contributed by atoms with Crippen molar-refractivity contribution in [1.82, 2.24) is 15.2 Å². The van der Waals surface area contributed by atoms with E-state index in [2.05, 4.69) is 10.3 Å². The molecule has 0 aliphatic carbocycles. The molecule has 2 rings (SSSR count). The first-order chi connectivity index (χ1) is 6.22. The molecule has 0 saturated heterocycles. The maximum atomic E-state index is 9.22. The molecule has 2 aromatic rings. The van der Waals surface area contributed by atoms with Crippen LogP contribution in [0.15, 0.2) is 12.1 Å². The Morgan fingerprint density at radius 1 is 1.54 bits per heavy atom. The smallest absolute Gasteiger partial charge is 0.131 e. The lowest BCUT2D eigenvalue weighted by atomic mass is 10.1. The van der Waals surface area contributed by atoms with E-state index in [1.165, 1.54) is 0 Å². The van der Waals surface area contributed by atoms with Crippen molar-refractivity contribution in [3.05, 3.63) is 22.7 Å². The maximum Gasteiger partial charge on any atom is 0.131 e. The van der Waals surface area contributed by atoms with Gasteiger partial charge in [-0.05, 0) is 29.3 Å². The Morgan fingerprint density at radius 3 is 3.00 bits per heavy atom. The fourth-order valence-corrected chi connectivity index (χ4v) is 1.54. The lowest BCUT2D eigenvalue weighted by Gasteiger charge is -1.99. The third-order valence-corrected chi connectivity index (χ3v) is 2.33. The molecule has 0 saturated carbocycles. The van der Waals surface area contributed by atoms with E-state index in [4.69, 9.17) is 11.6 Å². The first kappa shape index (κ1) is 8.31. The molecule has 0 amide bonds. The minimum Gasteiger partial charge on any atom is -0.410 e. The van der Waals surface area contributed by atoms with Crippen LogP contribution in [-0.4, -0.2) is 20.4 Å². The first-order valence-corrected chi connectivity index (χ1v) is 4.33. The number of fused-ring (bicyclic) bond motifs is 1. The number of hydrogen-bond donors (Lipinski definition) is 1. The van der Waals surface area contributed by atoms with Crippen molar-refractivity contribution >= 4 is 22.6 Å². The highest BCUT2D eigenvalue weighted by molar-refractivity contribution is 6.32. The van der Waals surface area contributed by atoms with Gasteiger partial charge in [0.15, 0.2) is 0 Å². The van der Waals surface area contributed by atoms with Crippen molar-refractivity contribution < 1.29 is 5.21 Å². The topological polar surface area (TPSA) is 50.9 Å². The zero-order valence-corrected chi connectivity index (χ0v) is 7.78. The quantitative estimate of drug-likeness (QED) is 0.711. The average molecular weight is 198 g/mol. The minimum absolute atomic E-state index is 0.584. The van der Waals surface area contributed by atoms with Gasteiger partial charge in [-0.3, -0.25) is 0 Å². The zero-order valence-electron chi connectivity index (χ0n) is 7.03. The van der Waals surface area contributed by atoms with E-state index < -0.39 is 0 Å². The minimum atomic E-state index is 0.584. The molecule has 68 valence electrons. The molecule has 0 aliphatic heterocycles. The zero-order chi connectivity index (χ0) is 9.42. The van der Waals surface area contributed by atoms with Crippen LogP contribution < -0.4 is 0 Å². The van der Waals surface area contributed by atoms with Crippen molar-refractivity contribution in [3.8, 4) is 0 Å². The number of hydrogen-bond acceptors (Lipinski definition) is 3. The SMILES string of the molecule is CCc1cc2c(cc1Cl)nnn2O. The summed E-state index contributed by atoms with van der Waals surface area (Å²) in [5.74, 6) is 0. The summed E-state index contributed by atoms with van der Waals surface area (Å²) >= 11 is 5.95. The van der Waals surface area contributed by atoms with Crippen LogP contribution in [0, 0.1) is 0 Å². The largest absolute Gasteiger partial charge is 0.410 e. The van der Waals surface area contributed by atoms with Gasteiger partial charge in [0.05, 0.1) is 0 Å². The number of aryl methyl sites for hydroxylation is 1. The van der Waals surface area contributed by atoms with E-state index >= 15 is 0 Å². The van der Waals surface area contributed by atoms with E-state index in [-0.39, 0.29) is 0 Å². The monoisotopic (exact) mass is 197 g/mol. The molecule has 0 bridgehead atoms. The van der Waals surface area contributed by atoms with Gasteiger partial charge in [0.25, 0.3) is 0 Å². The Bertz CT molecular complexity index is 452. The molecule has 1 N–H and O–H groups in total. The lowest BCUT2D eigenvalue weighted by Crippen LogP contribution is -1.92. The second-order valence-corrected chi connectivity index (χ2v) is 3.17. The molecule has 0 unspecified atom stereocenters. The molecule has 0 aliphatic rings. The number of rotatable bonds is 1. The van der Waals surface area contributed by atoms with Gasteiger partial charge in [0.1, 0.15) is 11.0 Å². The summed E-state index contributed by atoms with van der Waals surface area (Å²) in [7, 11) is 0. The second kappa shape index (κ2) is 2.88. The molecule has 1 heterocycles. The van der Waals surface area contributed by atoms with Crippen LogP contribution in [0.4, 0.5) is 0 Å². The molecule has 0 fully saturated rings. The summed E-state index contributed by atoms with van der Waals surface area (Å²) in [6, 6.07) is 3.49. The predicted octanol–water partition coefficient (Wildman–Crippen LogP) is 1.88. The molecule has 5 heteroatoms. The Kier molecular flexibility index (Phi) is 1.84. The molecular formula is C8H8ClN3O. The Balaban J connectivity index is 2.77. The fraction of sp³-hybridized carbons (Fsp3) is 0.250.